The molecule has 1 fully saturated rings. The minimum Gasteiger partial charge on any atom is -0.481 e. The van der Waals surface area contributed by atoms with Gasteiger partial charge in [-0.15, -0.1) is 0 Å². The first-order valence-electron chi connectivity index (χ1n) is 7.15. The molecule has 0 saturated carbocycles. The quantitative estimate of drug-likeness (QED) is 0.901. The van der Waals surface area contributed by atoms with Crippen LogP contribution in [0.3, 0.4) is 0 Å². The fourth-order valence-corrected chi connectivity index (χ4v) is 2.62. The van der Waals surface area contributed by atoms with Gasteiger partial charge in [-0.25, -0.2) is 0 Å². The van der Waals surface area contributed by atoms with Crippen molar-refractivity contribution in [2.45, 2.75) is 25.7 Å². The zero-order valence-corrected chi connectivity index (χ0v) is 12.1. The number of amides is 1. The molecule has 0 aliphatic carbocycles. The predicted octanol–water partition coefficient (Wildman–Crippen LogP) is 1.10. The topological polar surface area (TPSA) is 79.6 Å². The maximum atomic E-state index is 12.3. The number of aromatic nitrogens is 1. The molecule has 2 rings (SSSR count). The number of likely N-dealkylation sites (tertiary alicyclic amines) is 1. The van der Waals surface area contributed by atoms with Crippen molar-refractivity contribution in [3.8, 4) is 0 Å². The monoisotopic (exact) mass is 292 g/mol. The molecule has 0 aromatic carbocycles. The molecular formula is C15H20N2O4. The molecule has 0 bridgehead atoms. The van der Waals surface area contributed by atoms with Crippen molar-refractivity contribution in [1.82, 2.24) is 9.47 Å². The van der Waals surface area contributed by atoms with E-state index < -0.39 is 5.97 Å². The van der Waals surface area contributed by atoms with Crippen LogP contribution in [0.1, 0.15) is 36.0 Å². The van der Waals surface area contributed by atoms with Crippen molar-refractivity contribution < 1.29 is 14.7 Å². The smallest absolute Gasteiger partial charge is 0.303 e. The molecule has 114 valence electrons. The molecule has 1 saturated heterocycles. The number of hydrogen-bond acceptors (Lipinski definition) is 3. The molecule has 1 aromatic rings. The average Bonchev–Trinajstić information content (AvgIpc) is 2.48. The van der Waals surface area contributed by atoms with E-state index >= 15 is 0 Å². The van der Waals surface area contributed by atoms with Crippen LogP contribution in [-0.4, -0.2) is 39.5 Å². The summed E-state index contributed by atoms with van der Waals surface area (Å²) < 4.78 is 1.43. The SMILES string of the molecule is Cn1ccc(C(=O)N2CCC(CCC(=O)O)CC2)cc1=O. The summed E-state index contributed by atoms with van der Waals surface area (Å²) in [5, 5.41) is 8.69. The van der Waals surface area contributed by atoms with Gasteiger partial charge < -0.3 is 14.6 Å². The summed E-state index contributed by atoms with van der Waals surface area (Å²) in [6.45, 7) is 1.25. The van der Waals surface area contributed by atoms with E-state index in [4.69, 9.17) is 5.11 Å². The highest BCUT2D eigenvalue weighted by atomic mass is 16.4. The van der Waals surface area contributed by atoms with Gasteiger partial charge in [-0.05, 0) is 31.2 Å². The summed E-state index contributed by atoms with van der Waals surface area (Å²) in [7, 11) is 1.64. The van der Waals surface area contributed by atoms with Crippen LogP contribution in [0.25, 0.3) is 0 Å². The van der Waals surface area contributed by atoms with Crippen molar-refractivity contribution in [2.24, 2.45) is 13.0 Å². The van der Waals surface area contributed by atoms with Crippen LogP contribution in [-0.2, 0) is 11.8 Å². The van der Waals surface area contributed by atoms with E-state index in [1.807, 2.05) is 0 Å². The number of rotatable bonds is 4. The Hall–Kier alpha value is -2.11. The maximum Gasteiger partial charge on any atom is 0.303 e. The number of carbonyl (C=O) groups excluding carboxylic acids is 1. The number of hydrogen-bond donors (Lipinski definition) is 1. The third kappa shape index (κ3) is 3.93. The lowest BCUT2D eigenvalue weighted by atomic mass is 9.92. The highest BCUT2D eigenvalue weighted by Crippen LogP contribution is 2.22. The van der Waals surface area contributed by atoms with Gasteiger partial charge in [-0.1, -0.05) is 0 Å². The Morgan fingerprint density at radius 1 is 1.33 bits per heavy atom. The standard InChI is InChI=1S/C15H20N2O4/c1-16-7-6-12(10-13(16)18)15(21)17-8-4-11(5-9-17)2-3-14(19)20/h6-7,10-11H,2-5,8-9H2,1H3,(H,19,20). The largest absolute Gasteiger partial charge is 0.481 e. The molecule has 1 aliphatic heterocycles. The Morgan fingerprint density at radius 3 is 2.57 bits per heavy atom. The first kappa shape index (κ1) is 15.3. The molecule has 1 N–H and O–H groups in total. The molecule has 21 heavy (non-hydrogen) atoms. The number of aryl methyl sites for hydroxylation is 1. The molecule has 1 aliphatic rings. The Bertz CT molecular complexity index is 586. The summed E-state index contributed by atoms with van der Waals surface area (Å²) in [6.07, 6.45) is 4.10. The average molecular weight is 292 g/mol. The van der Waals surface area contributed by atoms with E-state index in [-0.39, 0.29) is 17.9 Å². The lowest BCUT2D eigenvalue weighted by Gasteiger charge is -2.31. The molecule has 6 heteroatoms. The van der Waals surface area contributed by atoms with E-state index in [9.17, 15) is 14.4 Å². The number of carbonyl (C=O) groups is 2. The number of aliphatic carboxylic acids is 1. The van der Waals surface area contributed by atoms with Crippen LogP contribution in [0.2, 0.25) is 0 Å². The number of pyridine rings is 1. The summed E-state index contributed by atoms with van der Waals surface area (Å²) in [4.78, 5) is 36.2. The molecule has 0 spiro atoms. The summed E-state index contributed by atoms with van der Waals surface area (Å²) in [5.41, 5.74) is 0.222. The third-order valence-corrected chi connectivity index (χ3v) is 4.02. The van der Waals surface area contributed by atoms with E-state index in [0.29, 0.717) is 31.0 Å². The number of piperidine rings is 1. The summed E-state index contributed by atoms with van der Waals surface area (Å²) >= 11 is 0. The van der Waals surface area contributed by atoms with Crippen LogP contribution < -0.4 is 5.56 Å². The van der Waals surface area contributed by atoms with Crippen molar-refractivity contribution >= 4 is 11.9 Å². The normalized spacial score (nSPS) is 16.0. The van der Waals surface area contributed by atoms with E-state index in [1.165, 1.54) is 10.6 Å². The van der Waals surface area contributed by atoms with Gasteiger partial charge >= 0.3 is 5.97 Å². The van der Waals surface area contributed by atoms with Gasteiger partial charge in [0.25, 0.3) is 11.5 Å². The van der Waals surface area contributed by atoms with Gasteiger partial charge in [-0.3, -0.25) is 14.4 Å². The Kier molecular flexibility index (Phi) is 4.77. The minimum absolute atomic E-state index is 0.121. The fraction of sp³-hybridized carbons (Fsp3) is 0.533. The molecule has 2 heterocycles. The number of carboxylic acids is 1. The second-order valence-corrected chi connectivity index (χ2v) is 5.53. The van der Waals surface area contributed by atoms with Gasteiger partial charge in [0, 0.05) is 44.4 Å². The fourth-order valence-electron chi connectivity index (χ4n) is 2.62. The van der Waals surface area contributed by atoms with E-state index in [1.54, 1.807) is 24.2 Å². The van der Waals surface area contributed by atoms with E-state index in [0.717, 1.165) is 12.8 Å². The lowest BCUT2D eigenvalue weighted by molar-refractivity contribution is -0.137. The predicted molar refractivity (Wildman–Crippen MR) is 77.2 cm³/mol. The number of carboxylic acid groups (broad SMARTS) is 1. The molecule has 0 atom stereocenters. The molecule has 6 nitrogen and oxygen atoms in total. The van der Waals surface area contributed by atoms with Crippen LogP contribution in [0.15, 0.2) is 23.1 Å². The van der Waals surface area contributed by atoms with E-state index in [2.05, 4.69) is 0 Å². The van der Waals surface area contributed by atoms with Gasteiger partial charge in [0.05, 0.1) is 0 Å². The summed E-state index contributed by atoms with van der Waals surface area (Å²) in [5.74, 6) is -0.521. The molecular weight excluding hydrogens is 272 g/mol. The lowest BCUT2D eigenvalue weighted by Crippen LogP contribution is -2.39. The molecule has 1 amide bonds. The zero-order chi connectivity index (χ0) is 15.4. The van der Waals surface area contributed by atoms with Crippen LogP contribution >= 0.6 is 0 Å². The number of nitrogens with zero attached hydrogens (tertiary/aromatic N) is 2. The third-order valence-electron chi connectivity index (χ3n) is 4.02. The molecule has 0 radical (unpaired) electrons. The first-order chi connectivity index (χ1) is 9.97. The molecule has 1 aromatic heterocycles. The second kappa shape index (κ2) is 6.56. The van der Waals surface area contributed by atoms with Crippen LogP contribution in [0.5, 0.6) is 0 Å². The van der Waals surface area contributed by atoms with Crippen LogP contribution in [0, 0.1) is 5.92 Å². The highest BCUT2D eigenvalue weighted by molar-refractivity contribution is 5.94. The van der Waals surface area contributed by atoms with Gasteiger partial charge in [0.15, 0.2) is 0 Å². The molecule has 0 unspecified atom stereocenters. The Labute approximate surface area is 123 Å². The van der Waals surface area contributed by atoms with Gasteiger partial charge in [0.1, 0.15) is 0 Å². The van der Waals surface area contributed by atoms with Gasteiger partial charge in [0.2, 0.25) is 0 Å². The maximum absolute atomic E-state index is 12.3. The van der Waals surface area contributed by atoms with Crippen molar-refractivity contribution in [1.29, 1.82) is 0 Å². The zero-order valence-electron chi connectivity index (χ0n) is 12.1. The van der Waals surface area contributed by atoms with Gasteiger partial charge in [-0.2, -0.15) is 0 Å². The minimum atomic E-state index is -0.770. The first-order valence-corrected chi connectivity index (χ1v) is 7.15. The second-order valence-electron chi connectivity index (χ2n) is 5.53. The Morgan fingerprint density at radius 2 is 2.00 bits per heavy atom. The van der Waals surface area contributed by atoms with Crippen molar-refractivity contribution in [3.63, 3.8) is 0 Å². The van der Waals surface area contributed by atoms with Crippen molar-refractivity contribution in [3.05, 3.63) is 34.2 Å². The highest BCUT2D eigenvalue weighted by Gasteiger charge is 2.24. The summed E-state index contributed by atoms with van der Waals surface area (Å²) in [6, 6.07) is 3.01. The van der Waals surface area contributed by atoms with Crippen LogP contribution in [0.4, 0.5) is 0 Å². The van der Waals surface area contributed by atoms with Crippen molar-refractivity contribution in [2.75, 3.05) is 13.1 Å². The Balaban J connectivity index is 1.92.